The van der Waals surface area contributed by atoms with Crippen LogP contribution < -0.4 is 15.1 Å². The van der Waals surface area contributed by atoms with Crippen LogP contribution in [0.25, 0.3) is 16.9 Å². The number of carbonyl (C=O) groups is 1. The first kappa shape index (κ1) is 25.7. The van der Waals surface area contributed by atoms with Crippen LogP contribution >= 0.6 is 23.2 Å². The van der Waals surface area contributed by atoms with E-state index in [4.69, 9.17) is 37.9 Å². The summed E-state index contributed by atoms with van der Waals surface area (Å²) < 4.78 is 7.41. The molecule has 2 saturated heterocycles. The maximum atomic E-state index is 13.2. The van der Waals surface area contributed by atoms with Crippen molar-refractivity contribution >= 4 is 52.1 Å². The van der Waals surface area contributed by atoms with Gasteiger partial charge in [0.15, 0.2) is 0 Å². The standard InChI is InChI=1S/C27H28Cl2N8O2/c28-20-16-30-17-21(29)26(20)36-9-7-35(8-10-36)24(38)18-32-27-25(33-23-3-1-2-6-37(23)27)19-4-5-22(31-15-19)34-11-13-39-14-12-34/h1-6,15-17,32H,7-14,18H2. The van der Waals surface area contributed by atoms with E-state index in [9.17, 15) is 4.79 Å². The fourth-order valence-corrected chi connectivity index (χ4v) is 5.63. The van der Waals surface area contributed by atoms with Gasteiger partial charge >= 0.3 is 0 Å². The molecule has 0 radical (unpaired) electrons. The van der Waals surface area contributed by atoms with E-state index in [1.165, 1.54) is 0 Å². The van der Waals surface area contributed by atoms with E-state index in [0.717, 1.165) is 47.3 Å². The van der Waals surface area contributed by atoms with Crippen LogP contribution in [0.2, 0.25) is 10.0 Å². The van der Waals surface area contributed by atoms with Crippen molar-refractivity contribution in [1.82, 2.24) is 24.3 Å². The molecule has 0 spiro atoms. The van der Waals surface area contributed by atoms with Crippen molar-refractivity contribution in [3.63, 3.8) is 0 Å². The molecule has 0 aliphatic carbocycles. The van der Waals surface area contributed by atoms with Gasteiger partial charge in [-0.3, -0.25) is 14.2 Å². The zero-order valence-electron chi connectivity index (χ0n) is 21.3. The number of carbonyl (C=O) groups excluding carboxylic acids is 1. The molecule has 12 heteroatoms. The molecule has 0 aromatic carbocycles. The molecule has 202 valence electrons. The second-order valence-corrected chi connectivity index (χ2v) is 10.2. The number of ether oxygens (including phenoxy) is 1. The summed E-state index contributed by atoms with van der Waals surface area (Å²) in [5.74, 6) is 1.69. The van der Waals surface area contributed by atoms with Crippen molar-refractivity contribution in [3.8, 4) is 11.3 Å². The van der Waals surface area contributed by atoms with Crippen molar-refractivity contribution in [2.45, 2.75) is 0 Å². The Balaban J connectivity index is 1.15. The van der Waals surface area contributed by atoms with Crippen LogP contribution in [0.1, 0.15) is 0 Å². The Labute approximate surface area is 236 Å². The Kier molecular flexibility index (Phi) is 7.40. The van der Waals surface area contributed by atoms with Crippen LogP contribution in [-0.4, -0.2) is 89.2 Å². The summed E-state index contributed by atoms with van der Waals surface area (Å²) >= 11 is 12.7. The van der Waals surface area contributed by atoms with Crippen LogP contribution in [0.5, 0.6) is 0 Å². The van der Waals surface area contributed by atoms with Gasteiger partial charge in [0.2, 0.25) is 5.91 Å². The quantitative estimate of drug-likeness (QED) is 0.378. The number of morpholine rings is 1. The number of aromatic nitrogens is 4. The van der Waals surface area contributed by atoms with Gasteiger partial charge in [0, 0.05) is 69.6 Å². The molecule has 6 heterocycles. The van der Waals surface area contributed by atoms with Gasteiger partial charge in [0.1, 0.15) is 23.0 Å². The SMILES string of the molecule is O=C(CNc1c(-c2ccc(N3CCOCC3)nc2)nc2ccccn12)N1CCN(c2c(Cl)cncc2Cl)CC1. The third-order valence-electron chi connectivity index (χ3n) is 7.07. The highest BCUT2D eigenvalue weighted by molar-refractivity contribution is 6.38. The lowest BCUT2D eigenvalue weighted by Crippen LogP contribution is -2.50. The van der Waals surface area contributed by atoms with Gasteiger partial charge in [0.25, 0.3) is 0 Å². The normalized spacial score (nSPS) is 16.1. The number of piperazine rings is 1. The molecule has 0 atom stereocenters. The first-order chi connectivity index (χ1) is 19.1. The Morgan fingerprint density at radius 3 is 2.41 bits per heavy atom. The van der Waals surface area contributed by atoms with Crippen LogP contribution in [-0.2, 0) is 9.53 Å². The van der Waals surface area contributed by atoms with Crippen LogP contribution in [0.3, 0.4) is 0 Å². The molecule has 0 saturated carbocycles. The van der Waals surface area contributed by atoms with E-state index in [-0.39, 0.29) is 12.5 Å². The monoisotopic (exact) mass is 566 g/mol. The molecule has 4 aromatic rings. The average Bonchev–Trinajstić information content (AvgIpc) is 3.35. The maximum absolute atomic E-state index is 13.2. The minimum absolute atomic E-state index is 0.0131. The third-order valence-corrected chi connectivity index (χ3v) is 7.62. The summed E-state index contributed by atoms with van der Waals surface area (Å²) in [4.78, 5) is 32.9. The van der Waals surface area contributed by atoms with Crippen molar-refractivity contribution in [3.05, 3.63) is 65.2 Å². The molecule has 0 unspecified atom stereocenters. The van der Waals surface area contributed by atoms with Gasteiger partial charge < -0.3 is 24.8 Å². The van der Waals surface area contributed by atoms with E-state index in [1.54, 1.807) is 12.4 Å². The summed E-state index contributed by atoms with van der Waals surface area (Å²) in [5, 5.41) is 4.38. The number of fused-ring (bicyclic) bond motifs is 1. The lowest BCUT2D eigenvalue weighted by Gasteiger charge is -2.36. The number of hydrogen-bond donors (Lipinski definition) is 1. The molecule has 10 nitrogen and oxygen atoms in total. The lowest BCUT2D eigenvalue weighted by molar-refractivity contribution is -0.129. The Bertz CT molecular complexity index is 1440. The van der Waals surface area contributed by atoms with Gasteiger partial charge in [-0.05, 0) is 24.3 Å². The highest BCUT2D eigenvalue weighted by atomic mass is 35.5. The van der Waals surface area contributed by atoms with E-state index >= 15 is 0 Å². The van der Waals surface area contributed by atoms with Crippen molar-refractivity contribution in [2.24, 2.45) is 0 Å². The zero-order valence-corrected chi connectivity index (χ0v) is 22.8. The molecule has 39 heavy (non-hydrogen) atoms. The molecule has 1 amide bonds. The van der Waals surface area contributed by atoms with E-state index in [0.29, 0.717) is 49.4 Å². The second-order valence-electron chi connectivity index (χ2n) is 9.42. The number of rotatable bonds is 6. The topological polar surface area (TPSA) is 91.1 Å². The van der Waals surface area contributed by atoms with E-state index in [1.807, 2.05) is 52.0 Å². The van der Waals surface area contributed by atoms with Crippen molar-refractivity contribution in [1.29, 1.82) is 0 Å². The molecular weight excluding hydrogens is 539 g/mol. The number of amides is 1. The minimum atomic E-state index is 0.0131. The predicted molar refractivity (Wildman–Crippen MR) is 153 cm³/mol. The van der Waals surface area contributed by atoms with Crippen LogP contribution in [0, 0.1) is 0 Å². The molecular formula is C27H28Cl2N8O2. The first-order valence-electron chi connectivity index (χ1n) is 12.9. The maximum Gasteiger partial charge on any atom is 0.242 e. The summed E-state index contributed by atoms with van der Waals surface area (Å²) in [5.41, 5.74) is 3.19. The van der Waals surface area contributed by atoms with Gasteiger partial charge in [-0.1, -0.05) is 29.3 Å². The lowest BCUT2D eigenvalue weighted by atomic mass is 10.2. The number of halogens is 2. The minimum Gasteiger partial charge on any atom is -0.378 e. The molecule has 2 aliphatic heterocycles. The Morgan fingerprint density at radius 1 is 0.923 bits per heavy atom. The van der Waals surface area contributed by atoms with Crippen molar-refractivity contribution in [2.75, 3.05) is 74.1 Å². The molecule has 6 rings (SSSR count). The number of anilines is 3. The predicted octanol–water partition coefficient (Wildman–Crippen LogP) is 3.70. The summed E-state index contributed by atoms with van der Waals surface area (Å²) in [7, 11) is 0. The molecule has 4 aromatic heterocycles. The third kappa shape index (κ3) is 5.32. The van der Waals surface area contributed by atoms with Gasteiger partial charge in [-0.15, -0.1) is 0 Å². The average molecular weight is 567 g/mol. The zero-order chi connectivity index (χ0) is 26.8. The smallest absolute Gasteiger partial charge is 0.242 e. The van der Waals surface area contributed by atoms with E-state index in [2.05, 4.69) is 20.1 Å². The summed E-state index contributed by atoms with van der Waals surface area (Å²) in [6, 6.07) is 9.88. The largest absolute Gasteiger partial charge is 0.378 e. The molecule has 0 bridgehead atoms. The fraction of sp³-hybridized carbons (Fsp3) is 0.333. The number of nitrogens with zero attached hydrogens (tertiary/aromatic N) is 7. The Morgan fingerprint density at radius 2 is 1.69 bits per heavy atom. The highest BCUT2D eigenvalue weighted by Gasteiger charge is 2.25. The molecule has 1 N–H and O–H groups in total. The number of pyridine rings is 3. The molecule has 2 fully saturated rings. The first-order valence-corrected chi connectivity index (χ1v) is 13.7. The summed E-state index contributed by atoms with van der Waals surface area (Å²) in [6.07, 6.45) is 6.95. The number of imidazole rings is 1. The van der Waals surface area contributed by atoms with Crippen molar-refractivity contribution < 1.29 is 9.53 Å². The van der Waals surface area contributed by atoms with E-state index < -0.39 is 0 Å². The number of hydrogen-bond acceptors (Lipinski definition) is 8. The highest BCUT2D eigenvalue weighted by Crippen LogP contribution is 2.33. The summed E-state index contributed by atoms with van der Waals surface area (Å²) in [6.45, 7) is 5.63. The fourth-order valence-electron chi connectivity index (χ4n) is 5.03. The number of nitrogens with one attached hydrogen (secondary N) is 1. The van der Waals surface area contributed by atoms with Gasteiger partial charge in [0.05, 0.1) is 35.5 Å². The van der Waals surface area contributed by atoms with Gasteiger partial charge in [-0.2, -0.15) is 0 Å². The van der Waals surface area contributed by atoms with Gasteiger partial charge in [-0.25, -0.2) is 9.97 Å². The van der Waals surface area contributed by atoms with Crippen LogP contribution in [0.4, 0.5) is 17.3 Å². The van der Waals surface area contributed by atoms with Crippen LogP contribution in [0.15, 0.2) is 55.1 Å². The second kappa shape index (κ2) is 11.3. The Hall–Kier alpha value is -3.60. The molecule has 2 aliphatic rings.